The van der Waals surface area contributed by atoms with Crippen LogP contribution < -0.4 is 14.8 Å². The number of benzene rings is 1. The van der Waals surface area contributed by atoms with Crippen molar-refractivity contribution < 1.29 is 28.9 Å². The van der Waals surface area contributed by atoms with E-state index in [9.17, 15) is 9.59 Å². The van der Waals surface area contributed by atoms with Crippen molar-refractivity contribution in [2.24, 2.45) is 0 Å². The molecule has 2 rings (SSSR count). The molecular formula is C18H25NO6. The first kappa shape index (κ1) is 19.1. The molecule has 25 heavy (non-hydrogen) atoms. The summed E-state index contributed by atoms with van der Waals surface area (Å²) in [6.45, 7) is 6.70. The van der Waals surface area contributed by atoms with E-state index in [-0.39, 0.29) is 11.9 Å². The summed E-state index contributed by atoms with van der Waals surface area (Å²) < 4.78 is 16.4. The van der Waals surface area contributed by atoms with Gasteiger partial charge in [-0.15, -0.1) is 0 Å². The van der Waals surface area contributed by atoms with E-state index < -0.39 is 18.2 Å². The molecule has 1 aliphatic heterocycles. The Morgan fingerprint density at radius 1 is 1.20 bits per heavy atom. The lowest BCUT2D eigenvalue weighted by Crippen LogP contribution is -2.37. The minimum atomic E-state index is -1.03. The molecule has 138 valence electrons. The zero-order valence-electron chi connectivity index (χ0n) is 14.8. The highest BCUT2D eigenvalue weighted by Gasteiger charge is 2.35. The van der Waals surface area contributed by atoms with Gasteiger partial charge in [0, 0.05) is 0 Å². The second-order valence-electron chi connectivity index (χ2n) is 5.83. The second kappa shape index (κ2) is 8.71. The highest BCUT2D eigenvalue weighted by Crippen LogP contribution is 2.31. The molecule has 0 aromatic heterocycles. The molecule has 1 unspecified atom stereocenters. The third-order valence-electron chi connectivity index (χ3n) is 4.01. The molecule has 0 saturated carbocycles. The summed E-state index contributed by atoms with van der Waals surface area (Å²) in [7, 11) is 0. The largest absolute Gasteiger partial charge is 0.490 e. The number of aliphatic carboxylic acids is 1. The Balaban J connectivity index is 2.02. The zero-order valence-corrected chi connectivity index (χ0v) is 14.8. The van der Waals surface area contributed by atoms with Gasteiger partial charge in [0.25, 0.3) is 0 Å². The van der Waals surface area contributed by atoms with Gasteiger partial charge in [0.1, 0.15) is 6.10 Å². The van der Waals surface area contributed by atoms with Crippen LogP contribution in [0.1, 0.15) is 45.2 Å². The molecule has 1 aromatic rings. The van der Waals surface area contributed by atoms with E-state index in [4.69, 9.17) is 19.3 Å². The molecule has 0 spiro atoms. The Kier molecular flexibility index (Phi) is 6.64. The van der Waals surface area contributed by atoms with Crippen LogP contribution in [0.4, 0.5) is 0 Å². The molecule has 2 N–H and O–H groups in total. The van der Waals surface area contributed by atoms with Crippen molar-refractivity contribution in [1.82, 2.24) is 5.32 Å². The first-order valence-corrected chi connectivity index (χ1v) is 8.54. The van der Waals surface area contributed by atoms with Crippen LogP contribution in [0.2, 0.25) is 0 Å². The summed E-state index contributed by atoms with van der Waals surface area (Å²) in [5.74, 6) is -0.0413. The van der Waals surface area contributed by atoms with Crippen molar-refractivity contribution in [3.8, 4) is 11.5 Å². The van der Waals surface area contributed by atoms with Crippen molar-refractivity contribution in [3.05, 3.63) is 23.8 Å². The number of carbonyl (C=O) groups excluding carboxylic acids is 1. The lowest BCUT2D eigenvalue weighted by atomic mass is 10.1. The SMILES string of the molecule is CCOc1ccc(C(C)NC(=O)[C@@H]2CC[C@H](C(=O)O)O2)cc1OCC. The third-order valence-corrected chi connectivity index (χ3v) is 4.01. The van der Waals surface area contributed by atoms with Crippen molar-refractivity contribution >= 4 is 11.9 Å². The van der Waals surface area contributed by atoms with Crippen LogP contribution in [0.3, 0.4) is 0 Å². The topological polar surface area (TPSA) is 94.1 Å². The quantitative estimate of drug-likeness (QED) is 0.746. The molecule has 7 nitrogen and oxygen atoms in total. The predicted molar refractivity (Wildman–Crippen MR) is 90.9 cm³/mol. The summed E-state index contributed by atoms with van der Waals surface area (Å²) in [6, 6.07) is 5.26. The second-order valence-corrected chi connectivity index (χ2v) is 5.83. The molecule has 1 saturated heterocycles. The smallest absolute Gasteiger partial charge is 0.332 e. The fraction of sp³-hybridized carbons (Fsp3) is 0.556. The summed E-state index contributed by atoms with van der Waals surface area (Å²) >= 11 is 0. The van der Waals surface area contributed by atoms with E-state index in [1.54, 1.807) is 0 Å². The molecule has 1 heterocycles. The Bertz CT molecular complexity index is 618. The normalized spacial score (nSPS) is 20.8. The zero-order chi connectivity index (χ0) is 18.4. The van der Waals surface area contributed by atoms with Crippen molar-refractivity contribution in [2.45, 2.75) is 51.9 Å². The van der Waals surface area contributed by atoms with Gasteiger partial charge < -0.3 is 24.6 Å². The number of hydrogen-bond acceptors (Lipinski definition) is 5. The first-order chi connectivity index (χ1) is 12.0. The van der Waals surface area contributed by atoms with Crippen LogP contribution in [0, 0.1) is 0 Å². The third kappa shape index (κ3) is 4.85. The van der Waals surface area contributed by atoms with Crippen LogP contribution in [-0.2, 0) is 14.3 Å². The number of nitrogens with one attached hydrogen (secondary N) is 1. The first-order valence-electron chi connectivity index (χ1n) is 8.54. The molecule has 1 fully saturated rings. The molecule has 1 aromatic carbocycles. The van der Waals surface area contributed by atoms with Gasteiger partial charge in [-0.2, -0.15) is 0 Å². The van der Waals surface area contributed by atoms with Crippen molar-refractivity contribution in [2.75, 3.05) is 13.2 Å². The van der Waals surface area contributed by atoms with Gasteiger partial charge in [0.2, 0.25) is 5.91 Å². The fourth-order valence-corrected chi connectivity index (χ4v) is 2.74. The monoisotopic (exact) mass is 351 g/mol. The molecular weight excluding hydrogens is 326 g/mol. The van der Waals surface area contributed by atoms with Crippen LogP contribution in [-0.4, -0.2) is 42.4 Å². The maximum absolute atomic E-state index is 12.3. The van der Waals surface area contributed by atoms with Crippen LogP contribution >= 0.6 is 0 Å². The van der Waals surface area contributed by atoms with Crippen molar-refractivity contribution in [3.63, 3.8) is 0 Å². The van der Waals surface area contributed by atoms with Gasteiger partial charge in [-0.3, -0.25) is 4.79 Å². The molecule has 0 radical (unpaired) electrons. The van der Waals surface area contributed by atoms with Crippen LogP contribution in [0.25, 0.3) is 0 Å². The number of carboxylic acids is 1. The molecule has 0 bridgehead atoms. The van der Waals surface area contributed by atoms with E-state index in [2.05, 4.69) is 5.32 Å². The number of rotatable bonds is 8. The standard InChI is InChI=1S/C18H25NO6/c1-4-23-13-7-6-12(10-16(13)24-5-2)11(3)19-17(20)14-8-9-15(25-14)18(21)22/h6-7,10-11,14-15H,4-5,8-9H2,1-3H3,(H,19,20)(H,21,22)/t11?,14-,15+/m0/s1. The van der Waals surface area contributed by atoms with E-state index in [1.165, 1.54) is 0 Å². The lowest BCUT2D eigenvalue weighted by Gasteiger charge is -2.19. The average Bonchev–Trinajstić information content (AvgIpc) is 3.07. The van der Waals surface area contributed by atoms with Gasteiger partial charge >= 0.3 is 5.97 Å². The van der Waals surface area contributed by atoms with Gasteiger partial charge in [-0.1, -0.05) is 6.07 Å². The van der Waals surface area contributed by atoms with Gasteiger partial charge in [0.15, 0.2) is 17.6 Å². The van der Waals surface area contributed by atoms with Gasteiger partial charge in [0.05, 0.1) is 19.3 Å². The molecule has 1 amide bonds. The number of hydrogen-bond donors (Lipinski definition) is 2. The van der Waals surface area contributed by atoms with Crippen LogP contribution in [0.5, 0.6) is 11.5 Å². The van der Waals surface area contributed by atoms with Crippen molar-refractivity contribution in [1.29, 1.82) is 0 Å². The predicted octanol–water partition coefficient (Wildman–Crippen LogP) is 2.29. The number of ether oxygens (including phenoxy) is 3. The summed E-state index contributed by atoms with van der Waals surface area (Å²) in [4.78, 5) is 23.2. The van der Waals surface area contributed by atoms with E-state index in [0.29, 0.717) is 37.6 Å². The molecule has 0 aliphatic carbocycles. The highest BCUT2D eigenvalue weighted by molar-refractivity contribution is 5.83. The number of carbonyl (C=O) groups is 2. The highest BCUT2D eigenvalue weighted by atomic mass is 16.5. The fourth-order valence-electron chi connectivity index (χ4n) is 2.74. The van der Waals surface area contributed by atoms with E-state index >= 15 is 0 Å². The van der Waals surface area contributed by atoms with E-state index in [0.717, 1.165) is 5.56 Å². The number of amides is 1. The Morgan fingerprint density at radius 3 is 2.44 bits per heavy atom. The Morgan fingerprint density at radius 2 is 1.84 bits per heavy atom. The molecule has 3 atom stereocenters. The molecule has 7 heteroatoms. The average molecular weight is 351 g/mol. The number of carboxylic acid groups (broad SMARTS) is 1. The summed E-state index contributed by atoms with van der Waals surface area (Å²) in [5, 5.41) is 11.8. The minimum absolute atomic E-state index is 0.269. The molecule has 1 aliphatic rings. The van der Waals surface area contributed by atoms with Gasteiger partial charge in [-0.25, -0.2) is 4.79 Å². The Labute approximate surface area is 147 Å². The van der Waals surface area contributed by atoms with E-state index in [1.807, 2.05) is 39.0 Å². The van der Waals surface area contributed by atoms with Gasteiger partial charge in [-0.05, 0) is 51.3 Å². The lowest BCUT2D eigenvalue weighted by molar-refractivity contribution is -0.151. The van der Waals surface area contributed by atoms with Crippen LogP contribution in [0.15, 0.2) is 18.2 Å². The Hall–Kier alpha value is -2.28. The maximum Gasteiger partial charge on any atom is 0.332 e. The minimum Gasteiger partial charge on any atom is -0.490 e. The summed E-state index contributed by atoms with van der Waals surface area (Å²) in [5.41, 5.74) is 0.869. The summed E-state index contributed by atoms with van der Waals surface area (Å²) in [6.07, 6.45) is -0.874. The maximum atomic E-state index is 12.3.